The Hall–Kier alpha value is -4.60. The first-order chi connectivity index (χ1) is 19.5. The van der Waals surface area contributed by atoms with Crippen molar-refractivity contribution >= 4 is 28.5 Å². The van der Waals surface area contributed by atoms with Crippen molar-refractivity contribution in [2.45, 2.75) is 44.3 Å². The molecule has 0 bridgehead atoms. The molecule has 3 aromatic carbocycles. The van der Waals surface area contributed by atoms with Crippen LogP contribution in [0.5, 0.6) is 17.2 Å². The summed E-state index contributed by atoms with van der Waals surface area (Å²) in [4.78, 5) is 29.9. The van der Waals surface area contributed by atoms with E-state index in [1.807, 2.05) is 24.3 Å². The van der Waals surface area contributed by atoms with Crippen LogP contribution < -0.4 is 24.4 Å². The van der Waals surface area contributed by atoms with Crippen LogP contribution in [0.15, 0.2) is 66.7 Å². The van der Waals surface area contributed by atoms with Crippen molar-refractivity contribution in [1.82, 2.24) is 20.3 Å². The first-order valence-corrected chi connectivity index (χ1v) is 13.3. The number of hydrogen-bond donors (Lipinski definition) is 1. The Labute approximate surface area is 232 Å². The molecule has 1 aliphatic rings. The largest absolute Gasteiger partial charge is 0.497 e. The number of benzene rings is 3. The molecule has 1 aromatic heterocycles. The van der Waals surface area contributed by atoms with E-state index in [1.165, 1.54) is 4.90 Å². The summed E-state index contributed by atoms with van der Waals surface area (Å²) in [6, 6.07) is 18.7. The van der Waals surface area contributed by atoms with Crippen LogP contribution >= 0.6 is 0 Å². The van der Waals surface area contributed by atoms with Gasteiger partial charge in [0.1, 0.15) is 35.4 Å². The molecule has 0 saturated heterocycles. The van der Waals surface area contributed by atoms with E-state index >= 15 is 0 Å². The zero-order valence-corrected chi connectivity index (χ0v) is 22.9. The van der Waals surface area contributed by atoms with Gasteiger partial charge in [-0.15, -0.1) is 5.10 Å². The Morgan fingerprint density at radius 1 is 0.950 bits per heavy atom. The lowest BCUT2D eigenvalue weighted by atomic mass is 10.0. The fourth-order valence-electron chi connectivity index (χ4n) is 5.22. The molecule has 10 heteroatoms. The number of hydrogen-bond acceptors (Lipinski definition) is 7. The number of aromatic nitrogens is 3. The topological polar surface area (TPSA) is 108 Å². The standard InChI is InChI=1S/C30H33N5O5/c1-38-22-14-12-21(13-15-22)35(28(36)19-34-26-11-7-6-10-25(26)32-33-34)29(30(37)31-20-8-4-5-9-20)24-18-23(39-2)16-17-27(24)40-3/h6-7,10-18,20,29H,4-5,8-9,19H2,1-3H3,(H,31,37). The molecule has 1 atom stereocenters. The van der Waals surface area contributed by atoms with Gasteiger partial charge >= 0.3 is 0 Å². The van der Waals surface area contributed by atoms with Crippen molar-refractivity contribution in [2.75, 3.05) is 26.2 Å². The van der Waals surface area contributed by atoms with Gasteiger partial charge in [-0.3, -0.25) is 14.5 Å². The van der Waals surface area contributed by atoms with Crippen molar-refractivity contribution in [1.29, 1.82) is 0 Å². The van der Waals surface area contributed by atoms with Gasteiger partial charge in [-0.25, -0.2) is 4.68 Å². The maximum Gasteiger partial charge on any atom is 0.249 e. The fraction of sp³-hybridized carbons (Fsp3) is 0.333. The molecule has 2 amide bonds. The minimum Gasteiger partial charge on any atom is -0.497 e. The SMILES string of the molecule is COc1ccc(N(C(=O)Cn2nnc3ccccc32)C(C(=O)NC2CCCC2)c2cc(OC)ccc2OC)cc1. The number of rotatable bonds is 10. The van der Waals surface area contributed by atoms with Gasteiger partial charge in [0.2, 0.25) is 11.8 Å². The highest BCUT2D eigenvalue weighted by molar-refractivity contribution is 6.02. The van der Waals surface area contributed by atoms with E-state index in [4.69, 9.17) is 14.2 Å². The van der Waals surface area contributed by atoms with Crippen LogP contribution in [-0.2, 0) is 16.1 Å². The highest BCUT2D eigenvalue weighted by Gasteiger charge is 2.37. The second kappa shape index (κ2) is 12.1. The number of para-hydroxylation sites is 1. The smallest absolute Gasteiger partial charge is 0.249 e. The van der Waals surface area contributed by atoms with Crippen molar-refractivity contribution in [3.8, 4) is 17.2 Å². The lowest BCUT2D eigenvalue weighted by Crippen LogP contribution is -2.47. The second-order valence-corrected chi connectivity index (χ2v) is 9.70. The molecule has 1 aliphatic carbocycles. The van der Waals surface area contributed by atoms with Gasteiger partial charge in [-0.2, -0.15) is 0 Å². The minimum absolute atomic E-state index is 0.0404. The van der Waals surface area contributed by atoms with Gasteiger partial charge in [0.15, 0.2) is 0 Å². The second-order valence-electron chi connectivity index (χ2n) is 9.70. The molecule has 1 fully saturated rings. The molecule has 0 aliphatic heterocycles. The molecule has 0 spiro atoms. The molecule has 5 rings (SSSR count). The third kappa shape index (κ3) is 5.56. The van der Waals surface area contributed by atoms with E-state index in [9.17, 15) is 9.59 Å². The Morgan fingerprint density at radius 3 is 2.35 bits per heavy atom. The Balaban J connectivity index is 1.63. The Morgan fingerprint density at radius 2 is 1.65 bits per heavy atom. The van der Waals surface area contributed by atoms with Crippen LogP contribution in [-0.4, -0.2) is 54.2 Å². The van der Waals surface area contributed by atoms with E-state index in [2.05, 4.69) is 15.6 Å². The van der Waals surface area contributed by atoms with E-state index in [0.717, 1.165) is 31.2 Å². The molecule has 40 heavy (non-hydrogen) atoms. The summed E-state index contributed by atoms with van der Waals surface area (Å²) in [5.41, 5.74) is 2.42. The molecule has 0 radical (unpaired) electrons. The molecular weight excluding hydrogens is 510 g/mol. The monoisotopic (exact) mass is 543 g/mol. The zero-order chi connectivity index (χ0) is 28.1. The molecule has 208 valence electrons. The summed E-state index contributed by atoms with van der Waals surface area (Å²) in [6.45, 7) is -0.133. The summed E-state index contributed by atoms with van der Waals surface area (Å²) < 4.78 is 18.1. The third-order valence-electron chi connectivity index (χ3n) is 7.26. The number of methoxy groups -OCH3 is 3. The van der Waals surface area contributed by atoms with E-state index < -0.39 is 6.04 Å². The average Bonchev–Trinajstić information content (AvgIpc) is 3.65. The first-order valence-electron chi connectivity index (χ1n) is 13.3. The Kier molecular flexibility index (Phi) is 8.14. The molecular formula is C30H33N5O5. The highest BCUT2D eigenvalue weighted by atomic mass is 16.5. The quantitative estimate of drug-likeness (QED) is 0.318. The third-order valence-corrected chi connectivity index (χ3v) is 7.26. The molecule has 10 nitrogen and oxygen atoms in total. The van der Waals surface area contributed by atoms with Crippen LogP contribution in [0, 0.1) is 0 Å². The van der Waals surface area contributed by atoms with E-state index in [1.54, 1.807) is 68.5 Å². The number of nitrogens with zero attached hydrogens (tertiary/aromatic N) is 4. The number of nitrogens with one attached hydrogen (secondary N) is 1. The zero-order valence-electron chi connectivity index (χ0n) is 22.9. The molecule has 1 N–H and O–H groups in total. The van der Waals surface area contributed by atoms with Gasteiger partial charge in [0, 0.05) is 17.3 Å². The maximum absolute atomic E-state index is 14.3. The number of anilines is 1. The number of ether oxygens (including phenoxy) is 3. The van der Waals surface area contributed by atoms with Crippen LogP contribution in [0.2, 0.25) is 0 Å². The van der Waals surface area contributed by atoms with Gasteiger partial charge in [0.05, 0.1) is 26.8 Å². The van der Waals surface area contributed by atoms with Crippen LogP contribution in [0.25, 0.3) is 11.0 Å². The van der Waals surface area contributed by atoms with Crippen molar-refractivity contribution in [2.24, 2.45) is 0 Å². The summed E-state index contributed by atoms with van der Waals surface area (Å²) in [6.07, 6.45) is 3.90. The normalized spacial score (nSPS) is 14.1. The lowest BCUT2D eigenvalue weighted by molar-refractivity contribution is -0.127. The van der Waals surface area contributed by atoms with Gasteiger partial charge in [-0.05, 0) is 67.4 Å². The molecule has 1 unspecified atom stereocenters. The number of fused-ring (bicyclic) bond motifs is 1. The number of carbonyl (C=O) groups excluding carboxylic acids is 2. The number of carbonyl (C=O) groups is 2. The maximum atomic E-state index is 14.3. The van der Waals surface area contributed by atoms with Crippen LogP contribution in [0.1, 0.15) is 37.3 Å². The van der Waals surface area contributed by atoms with Crippen LogP contribution in [0.3, 0.4) is 0 Å². The van der Waals surface area contributed by atoms with E-state index in [-0.39, 0.29) is 24.4 Å². The fourth-order valence-corrected chi connectivity index (χ4v) is 5.22. The van der Waals surface area contributed by atoms with Crippen molar-refractivity contribution in [3.05, 3.63) is 72.3 Å². The highest BCUT2D eigenvalue weighted by Crippen LogP contribution is 2.37. The predicted octanol–water partition coefficient (Wildman–Crippen LogP) is 4.29. The van der Waals surface area contributed by atoms with Gasteiger partial charge < -0.3 is 19.5 Å². The number of amides is 2. The predicted molar refractivity (Wildman–Crippen MR) is 151 cm³/mol. The molecule has 1 saturated carbocycles. The summed E-state index contributed by atoms with van der Waals surface area (Å²) in [7, 11) is 4.67. The summed E-state index contributed by atoms with van der Waals surface area (Å²) in [5, 5.41) is 11.6. The Bertz CT molecular complexity index is 1480. The van der Waals surface area contributed by atoms with Gasteiger partial charge in [0.25, 0.3) is 0 Å². The minimum atomic E-state index is -1.05. The lowest BCUT2D eigenvalue weighted by Gasteiger charge is -2.33. The van der Waals surface area contributed by atoms with E-state index in [0.29, 0.717) is 34.0 Å². The average molecular weight is 544 g/mol. The van der Waals surface area contributed by atoms with Crippen molar-refractivity contribution in [3.63, 3.8) is 0 Å². The van der Waals surface area contributed by atoms with Gasteiger partial charge in [-0.1, -0.05) is 30.2 Å². The summed E-state index contributed by atoms with van der Waals surface area (Å²) >= 11 is 0. The van der Waals surface area contributed by atoms with Crippen LogP contribution in [0.4, 0.5) is 5.69 Å². The van der Waals surface area contributed by atoms with Crippen molar-refractivity contribution < 1.29 is 23.8 Å². The molecule has 4 aromatic rings. The first kappa shape index (κ1) is 27.0. The summed E-state index contributed by atoms with van der Waals surface area (Å²) in [5.74, 6) is 0.983. The molecule has 1 heterocycles.